The molecule has 2 N–H and O–H groups in total. The van der Waals surface area contributed by atoms with Gasteiger partial charge in [0.2, 0.25) is 0 Å². The first-order valence-electron chi connectivity index (χ1n) is 37.1. The molecular weight excluding hydrogens is 1100 g/mol. The van der Waals surface area contributed by atoms with E-state index in [-0.39, 0.29) is 11.2 Å². The maximum absolute atomic E-state index is 11.2. The van der Waals surface area contributed by atoms with Crippen molar-refractivity contribution < 1.29 is 4.79 Å². The van der Waals surface area contributed by atoms with E-state index in [0.29, 0.717) is 28.7 Å². The zero-order valence-corrected chi connectivity index (χ0v) is 65.6. The molecule has 5 aromatic carbocycles. The van der Waals surface area contributed by atoms with Gasteiger partial charge in [-0.2, -0.15) is 0 Å². The second kappa shape index (κ2) is 53.0. The van der Waals surface area contributed by atoms with Crippen molar-refractivity contribution in [3.8, 4) is 0 Å². The van der Waals surface area contributed by atoms with E-state index in [2.05, 4.69) is 277 Å². The Labute approximate surface area is 570 Å². The van der Waals surface area contributed by atoms with Crippen LogP contribution in [0.15, 0.2) is 121 Å². The fourth-order valence-corrected chi connectivity index (χ4v) is 10.2. The van der Waals surface area contributed by atoms with Crippen LogP contribution in [-0.2, 0) is 51.5 Å². The van der Waals surface area contributed by atoms with Crippen LogP contribution in [0.2, 0.25) is 0 Å². The van der Waals surface area contributed by atoms with E-state index in [1.165, 1.54) is 153 Å². The first kappa shape index (κ1) is 90.9. The van der Waals surface area contributed by atoms with Crippen molar-refractivity contribution in [1.29, 1.82) is 0 Å². The molecule has 0 unspecified atom stereocenters. The number of carbonyl (C=O) groups is 1. The van der Waals surface area contributed by atoms with Gasteiger partial charge >= 0.3 is 0 Å². The van der Waals surface area contributed by atoms with Crippen molar-refractivity contribution >= 4 is 5.78 Å². The molecule has 0 bridgehead atoms. The highest BCUT2D eigenvalue weighted by Gasteiger charge is 2.15. The Hall–Kier alpha value is -4.27. The van der Waals surface area contributed by atoms with Crippen LogP contribution in [0.4, 0.5) is 0 Å². The first-order valence-corrected chi connectivity index (χ1v) is 37.1. The molecule has 0 aliphatic carbocycles. The lowest BCUT2D eigenvalue weighted by Gasteiger charge is -2.19. The van der Waals surface area contributed by atoms with Crippen molar-refractivity contribution in [2.24, 2.45) is 45.1 Å². The molecule has 0 aliphatic heterocycles. The van der Waals surface area contributed by atoms with Gasteiger partial charge in [-0.1, -0.05) is 392 Å². The minimum Gasteiger partial charge on any atom is -0.326 e. The molecule has 0 saturated carbocycles. The summed E-state index contributed by atoms with van der Waals surface area (Å²) in [6, 6.07) is 43.0. The Balaban J connectivity index is -0.000000979. The number of ketones is 1. The third-order valence-corrected chi connectivity index (χ3v) is 15.4. The molecule has 2 heteroatoms. The van der Waals surface area contributed by atoms with Gasteiger partial charge in [0.15, 0.2) is 5.78 Å². The molecule has 91 heavy (non-hydrogen) atoms. The predicted molar refractivity (Wildman–Crippen MR) is 416 cm³/mol. The molecule has 0 saturated heterocycles. The number of benzene rings is 5. The zero-order chi connectivity index (χ0) is 70.1. The van der Waals surface area contributed by atoms with Gasteiger partial charge in [0.05, 0.1) is 0 Å². The normalized spacial score (nSPS) is 11.2. The highest BCUT2D eigenvalue weighted by molar-refractivity contribution is 5.94. The molecule has 520 valence electrons. The summed E-state index contributed by atoms with van der Waals surface area (Å²) in [5.41, 5.74) is 20.5. The third-order valence-electron chi connectivity index (χ3n) is 15.4. The van der Waals surface area contributed by atoms with E-state index in [9.17, 15) is 4.79 Å². The molecule has 0 aliphatic rings. The minimum atomic E-state index is 0.140. The predicted octanol–water partition coefficient (Wildman–Crippen LogP) is 28.1. The Morgan fingerprint density at radius 1 is 0.352 bits per heavy atom. The van der Waals surface area contributed by atoms with Crippen LogP contribution in [-0.4, -0.2) is 5.78 Å². The minimum absolute atomic E-state index is 0.140. The number of Topliss-reactive ketones (excluding diaryl/α,β-unsaturated/α-hetero) is 1. The van der Waals surface area contributed by atoms with Crippen molar-refractivity contribution in [2.75, 3.05) is 0 Å². The van der Waals surface area contributed by atoms with Gasteiger partial charge in [-0.05, 0) is 153 Å². The van der Waals surface area contributed by atoms with Crippen LogP contribution >= 0.6 is 0 Å². The van der Waals surface area contributed by atoms with Crippen molar-refractivity contribution in [1.82, 2.24) is 0 Å². The number of unbranched alkanes of at least 4 members (excludes halogenated alkanes) is 9. The highest BCUT2D eigenvalue weighted by atomic mass is 16.1. The van der Waals surface area contributed by atoms with Gasteiger partial charge in [-0.25, -0.2) is 0 Å². The Morgan fingerprint density at radius 3 is 1.09 bits per heavy atom. The largest absolute Gasteiger partial charge is 0.326 e. The first-order chi connectivity index (χ1) is 42.5. The molecule has 0 heterocycles. The molecule has 0 amide bonds. The van der Waals surface area contributed by atoms with Gasteiger partial charge in [-0.15, -0.1) is 0 Å². The van der Waals surface area contributed by atoms with Gasteiger partial charge in [0, 0.05) is 12.1 Å². The molecular formula is C89H153NO. The summed E-state index contributed by atoms with van der Waals surface area (Å²) in [5, 5.41) is 0. The Morgan fingerprint density at radius 2 is 0.692 bits per heavy atom. The average molecular weight is 1250 g/mol. The SMILES string of the molecule is CC(=O)c1cccc(CC(C)(C)C)c1.CC(C)(C)Cc1ccccc1CN.CCCCCC(C)C.CCCCCCC(C)C.CCCCCCCC(C)C.CCc1ccc(CC(C)(C)C)cc1.CCc1cccc(C(C)C)c1.CCc1cccc(CC(C)(C)C)c1. The number of hydrogen-bond donors (Lipinski definition) is 1. The van der Waals surface area contributed by atoms with Crippen molar-refractivity contribution in [2.45, 2.75) is 341 Å². The second-order valence-corrected chi connectivity index (χ2v) is 32.5. The summed E-state index contributed by atoms with van der Waals surface area (Å²) in [5.74, 6) is 3.51. The maximum atomic E-state index is 11.2. The average Bonchev–Trinajstić information content (AvgIpc) is 1.90. The third kappa shape index (κ3) is 59.2. The van der Waals surface area contributed by atoms with Gasteiger partial charge in [0.1, 0.15) is 0 Å². The zero-order valence-electron chi connectivity index (χ0n) is 65.6. The van der Waals surface area contributed by atoms with Crippen LogP contribution < -0.4 is 5.73 Å². The highest BCUT2D eigenvalue weighted by Crippen LogP contribution is 2.25. The molecule has 0 aromatic heterocycles. The maximum Gasteiger partial charge on any atom is 0.159 e. The Bertz CT molecular complexity index is 2450. The fourth-order valence-electron chi connectivity index (χ4n) is 10.2. The Kier molecular flexibility index (Phi) is 53.0. The lowest BCUT2D eigenvalue weighted by Crippen LogP contribution is -2.12. The summed E-state index contributed by atoms with van der Waals surface area (Å²) < 4.78 is 0. The van der Waals surface area contributed by atoms with Crippen LogP contribution in [0, 0.1) is 39.4 Å². The summed E-state index contributed by atoms with van der Waals surface area (Å²) in [7, 11) is 0. The van der Waals surface area contributed by atoms with E-state index < -0.39 is 0 Å². The van der Waals surface area contributed by atoms with Gasteiger partial charge in [0.25, 0.3) is 0 Å². The molecule has 0 atom stereocenters. The van der Waals surface area contributed by atoms with Crippen LogP contribution in [0.1, 0.15) is 350 Å². The fraction of sp³-hybridized carbons (Fsp3) is 0.652. The monoisotopic (exact) mass is 1250 g/mol. The number of nitrogens with two attached hydrogens (primary N) is 1. The molecule has 2 nitrogen and oxygen atoms in total. The summed E-state index contributed by atoms with van der Waals surface area (Å²) in [4.78, 5) is 11.2. The molecule has 0 radical (unpaired) electrons. The van der Waals surface area contributed by atoms with E-state index in [1.54, 1.807) is 6.92 Å². The standard InChI is InChI=1S/C13H18O.2C13H20.C12H19N.C11H16.C10H22.C9H20.C8H18/c1-10(14)12-7-5-6-11(8-12)9-13(2,3)4;1-5-11-6-8-12(9-7-11)10-13(2,3)4;1-5-11-7-6-8-12(9-11)10-13(2,3)4;1-12(2,3)8-10-6-4-5-7-11(10)9-13;1-4-10-6-5-7-11(8-10)9(2)3;1-4-5-6-7-8-9-10(2)3;1-4-5-6-7-8-9(2)3;1-4-5-6-7-8(2)3/h5-8H,9H2,1-4H3;2*6-9H,5,10H2,1-4H3;4-7H,8-9,13H2,1-3H3;5-9H,4H2,1-3H3;10H,4-9H2,1-3H3;9H,4-8H2,1-3H3;8H,4-7H2,1-3H3. The summed E-state index contributed by atoms with van der Waals surface area (Å²) in [6.45, 7) is 60.9. The van der Waals surface area contributed by atoms with Gasteiger partial charge in [-0.3, -0.25) is 4.79 Å². The lowest BCUT2D eigenvalue weighted by molar-refractivity contribution is 0.101. The van der Waals surface area contributed by atoms with Crippen molar-refractivity contribution in [3.63, 3.8) is 0 Å². The van der Waals surface area contributed by atoms with Crippen LogP contribution in [0.5, 0.6) is 0 Å². The summed E-state index contributed by atoms with van der Waals surface area (Å²) in [6.07, 6.45) is 29.1. The molecule has 0 fully saturated rings. The van der Waals surface area contributed by atoms with E-state index in [1.807, 2.05) is 24.3 Å². The number of rotatable bonds is 25. The number of aryl methyl sites for hydroxylation is 3. The second-order valence-electron chi connectivity index (χ2n) is 32.5. The topological polar surface area (TPSA) is 43.1 Å². The number of carbonyl (C=O) groups excluding carboxylic acids is 1. The molecule has 5 aromatic rings. The van der Waals surface area contributed by atoms with Crippen molar-refractivity contribution in [3.05, 3.63) is 177 Å². The molecule has 0 spiro atoms. The quantitative estimate of drug-likeness (QED) is 0.0467. The summed E-state index contributed by atoms with van der Waals surface area (Å²) >= 11 is 0. The van der Waals surface area contributed by atoms with Crippen LogP contribution in [0.25, 0.3) is 0 Å². The van der Waals surface area contributed by atoms with E-state index >= 15 is 0 Å². The van der Waals surface area contributed by atoms with E-state index in [0.717, 1.165) is 61.8 Å². The van der Waals surface area contributed by atoms with Crippen LogP contribution in [0.3, 0.4) is 0 Å². The smallest absolute Gasteiger partial charge is 0.159 e. The van der Waals surface area contributed by atoms with Gasteiger partial charge < -0.3 is 5.73 Å². The van der Waals surface area contributed by atoms with E-state index in [4.69, 9.17) is 5.73 Å². The number of hydrogen-bond acceptors (Lipinski definition) is 2. The molecule has 5 rings (SSSR count). The lowest BCUT2D eigenvalue weighted by atomic mass is 9.86.